The van der Waals surface area contributed by atoms with Gasteiger partial charge < -0.3 is 5.11 Å². The van der Waals surface area contributed by atoms with Gasteiger partial charge >= 0.3 is 5.97 Å². The Bertz CT molecular complexity index is 679. The topological polar surface area (TPSA) is 87.6 Å². The van der Waals surface area contributed by atoms with Gasteiger partial charge in [0.15, 0.2) is 0 Å². The Balaban J connectivity index is 2.36. The van der Waals surface area contributed by atoms with Gasteiger partial charge in [-0.05, 0) is 6.07 Å². The molecule has 2 atom stereocenters. The van der Waals surface area contributed by atoms with Crippen LogP contribution in [0.15, 0.2) is 23.4 Å². The first-order valence-electron chi connectivity index (χ1n) is 6.63. The number of hydrogen-bond donors (Lipinski definition) is 1. The van der Waals surface area contributed by atoms with Crippen molar-refractivity contribution in [1.29, 1.82) is 0 Å². The number of nitrogens with zero attached hydrogens (tertiary/aromatic N) is 2. The molecule has 0 aliphatic carbocycles. The Morgan fingerprint density at radius 2 is 1.86 bits per heavy atom. The van der Waals surface area contributed by atoms with E-state index in [0.717, 1.165) is 22.8 Å². The summed E-state index contributed by atoms with van der Waals surface area (Å²) < 4.78 is 53.6. The lowest BCUT2D eigenvalue weighted by molar-refractivity contribution is -0.126. The molecule has 9 heteroatoms. The molecule has 1 fully saturated rings. The number of carbonyl (C=O) groups is 1. The molecule has 0 amide bonds. The third-order valence-electron chi connectivity index (χ3n) is 3.87. The van der Waals surface area contributed by atoms with E-state index in [1.165, 1.54) is 13.8 Å². The number of piperidine rings is 1. The number of sulfonamides is 1. The first kappa shape index (κ1) is 16.8. The quantitative estimate of drug-likeness (QED) is 0.909. The molecule has 1 aliphatic heterocycles. The van der Waals surface area contributed by atoms with Crippen molar-refractivity contribution in [3.05, 3.63) is 24.0 Å². The van der Waals surface area contributed by atoms with Gasteiger partial charge in [0.2, 0.25) is 10.0 Å². The minimum atomic E-state index is -4.06. The Labute approximate surface area is 126 Å². The maximum atomic E-state index is 13.8. The molecule has 1 N–H and O–H groups in total. The van der Waals surface area contributed by atoms with E-state index in [9.17, 15) is 22.0 Å². The number of halogens is 2. The highest BCUT2D eigenvalue weighted by molar-refractivity contribution is 7.89. The second-order valence-electron chi connectivity index (χ2n) is 5.51. The predicted molar refractivity (Wildman–Crippen MR) is 73.2 cm³/mol. The summed E-state index contributed by atoms with van der Waals surface area (Å²) >= 11 is 0. The average molecular weight is 334 g/mol. The molecule has 0 radical (unpaired) electrons. The van der Waals surface area contributed by atoms with Crippen molar-refractivity contribution in [2.75, 3.05) is 13.1 Å². The maximum Gasteiger partial charge on any atom is 0.337 e. The summed E-state index contributed by atoms with van der Waals surface area (Å²) in [6, 6.07) is 0.979. The number of alkyl halides is 2. The van der Waals surface area contributed by atoms with Gasteiger partial charge in [0.05, 0.1) is 5.56 Å². The van der Waals surface area contributed by atoms with Crippen molar-refractivity contribution >= 4 is 16.0 Å². The largest absolute Gasteiger partial charge is 0.478 e. The Morgan fingerprint density at radius 1 is 1.32 bits per heavy atom. The van der Waals surface area contributed by atoms with Crippen LogP contribution in [0.5, 0.6) is 0 Å². The van der Waals surface area contributed by atoms with E-state index >= 15 is 0 Å². The van der Waals surface area contributed by atoms with Crippen LogP contribution in [0.25, 0.3) is 0 Å². The highest BCUT2D eigenvalue weighted by Crippen LogP contribution is 2.39. The van der Waals surface area contributed by atoms with Gasteiger partial charge in [-0.15, -0.1) is 0 Å². The van der Waals surface area contributed by atoms with Crippen LogP contribution in [0.2, 0.25) is 0 Å². The van der Waals surface area contributed by atoms with Gasteiger partial charge in [0, 0.05) is 37.3 Å². The van der Waals surface area contributed by atoms with Crippen LogP contribution in [-0.2, 0) is 10.0 Å². The summed E-state index contributed by atoms with van der Waals surface area (Å²) in [6.07, 6.45) is 2.04. The molecule has 2 heterocycles. The number of aromatic nitrogens is 1. The second-order valence-corrected chi connectivity index (χ2v) is 7.45. The van der Waals surface area contributed by atoms with E-state index in [0.29, 0.717) is 0 Å². The van der Waals surface area contributed by atoms with Crippen LogP contribution in [0, 0.1) is 11.8 Å². The number of hydrogen-bond acceptors (Lipinski definition) is 4. The van der Waals surface area contributed by atoms with Crippen LogP contribution in [0.3, 0.4) is 0 Å². The average Bonchev–Trinajstić information content (AvgIpc) is 2.44. The van der Waals surface area contributed by atoms with Crippen LogP contribution >= 0.6 is 0 Å². The van der Waals surface area contributed by atoms with E-state index in [1.807, 2.05) is 0 Å². The lowest BCUT2D eigenvalue weighted by Gasteiger charge is -2.40. The first-order chi connectivity index (χ1) is 10.1. The molecule has 1 saturated heterocycles. The Kier molecular flexibility index (Phi) is 4.22. The monoisotopic (exact) mass is 334 g/mol. The minimum Gasteiger partial charge on any atom is -0.478 e. The van der Waals surface area contributed by atoms with E-state index in [2.05, 4.69) is 4.98 Å². The summed E-state index contributed by atoms with van der Waals surface area (Å²) in [5, 5.41) is 8.89. The highest BCUT2D eigenvalue weighted by atomic mass is 32.2. The second kappa shape index (κ2) is 5.54. The molecule has 22 heavy (non-hydrogen) atoms. The molecule has 2 rings (SSSR count). The summed E-state index contributed by atoms with van der Waals surface area (Å²) in [5.41, 5.74) is -0.274. The molecule has 1 aromatic heterocycles. The molecule has 1 aliphatic rings. The summed E-state index contributed by atoms with van der Waals surface area (Å²) in [7, 11) is -4.06. The van der Waals surface area contributed by atoms with E-state index in [1.54, 1.807) is 0 Å². The van der Waals surface area contributed by atoms with Crippen molar-refractivity contribution in [2.24, 2.45) is 11.8 Å². The van der Waals surface area contributed by atoms with Gasteiger partial charge in [-0.25, -0.2) is 22.0 Å². The fourth-order valence-corrected chi connectivity index (χ4v) is 4.04. The normalized spacial score (nSPS) is 25.8. The fourth-order valence-electron chi connectivity index (χ4n) is 2.44. The summed E-state index contributed by atoms with van der Waals surface area (Å²) in [4.78, 5) is 14.2. The lowest BCUT2D eigenvalue weighted by atomic mass is 9.88. The summed E-state index contributed by atoms with van der Waals surface area (Å²) in [5.74, 6) is -6.49. The van der Waals surface area contributed by atoms with Crippen LogP contribution in [0.1, 0.15) is 24.2 Å². The van der Waals surface area contributed by atoms with Gasteiger partial charge in [0.25, 0.3) is 5.92 Å². The third-order valence-corrected chi connectivity index (χ3v) is 5.66. The molecular formula is C13H16F2N2O4S. The number of aromatic carboxylic acids is 1. The fraction of sp³-hybridized carbons (Fsp3) is 0.538. The van der Waals surface area contributed by atoms with Crippen LogP contribution in [-0.4, -0.2) is 47.8 Å². The highest BCUT2D eigenvalue weighted by Gasteiger charge is 2.49. The Morgan fingerprint density at radius 3 is 2.36 bits per heavy atom. The van der Waals surface area contributed by atoms with Gasteiger partial charge in [-0.2, -0.15) is 4.31 Å². The SMILES string of the molecule is CC1CN(S(=O)(=O)c2cncc(C(=O)O)c2)CC(C)C1(F)F. The van der Waals surface area contributed by atoms with E-state index in [-0.39, 0.29) is 23.5 Å². The molecule has 2 unspecified atom stereocenters. The molecule has 122 valence electrons. The van der Waals surface area contributed by atoms with Crippen molar-refractivity contribution in [1.82, 2.24) is 9.29 Å². The number of pyridine rings is 1. The number of rotatable bonds is 3. The van der Waals surface area contributed by atoms with Gasteiger partial charge in [-0.1, -0.05) is 13.8 Å². The molecule has 6 nitrogen and oxygen atoms in total. The smallest absolute Gasteiger partial charge is 0.337 e. The van der Waals surface area contributed by atoms with Gasteiger partial charge in [-0.3, -0.25) is 4.98 Å². The summed E-state index contributed by atoms with van der Waals surface area (Å²) in [6.45, 7) is 1.95. The standard InChI is InChI=1S/C13H16F2N2O4S/c1-8-6-17(7-9(2)13(8,14)15)22(20,21)11-3-10(12(18)19)4-16-5-11/h3-5,8-9H,6-7H2,1-2H3,(H,18,19). The Hall–Kier alpha value is -1.61. The van der Waals surface area contributed by atoms with Crippen molar-refractivity contribution < 1.29 is 27.1 Å². The zero-order valence-corrected chi connectivity index (χ0v) is 12.8. The molecular weight excluding hydrogens is 318 g/mol. The van der Waals surface area contributed by atoms with E-state index in [4.69, 9.17) is 5.11 Å². The number of carboxylic acids is 1. The molecule has 0 spiro atoms. The van der Waals surface area contributed by atoms with Crippen molar-refractivity contribution in [3.63, 3.8) is 0 Å². The van der Waals surface area contributed by atoms with Crippen molar-refractivity contribution in [3.8, 4) is 0 Å². The van der Waals surface area contributed by atoms with Crippen molar-refractivity contribution in [2.45, 2.75) is 24.7 Å². The molecule has 0 saturated carbocycles. The van der Waals surface area contributed by atoms with Crippen LogP contribution in [0.4, 0.5) is 8.78 Å². The zero-order valence-electron chi connectivity index (χ0n) is 12.0. The zero-order chi connectivity index (χ0) is 16.7. The number of carboxylic acid groups (broad SMARTS) is 1. The lowest BCUT2D eigenvalue weighted by Crippen LogP contribution is -2.53. The van der Waals surface area contributed by atoms with E-state index < -0.39 is 33.8 Å². The third kappa shape index (κ3) is 2.82. The minimum absolute atomic E-state index is 0.274. The predicted octanol–water partition coefficient (Wildman–Crippen LogP) is 1.69. The van der Waals surface area contributed by atoms with Gasteiger partial charge in [0.1, 0.15) is 4.90 Å². The maximum absolute atomic E-state index is 13.8. The molecule has 0 aromatic carbocycles. The molecule has 0 bridgehead atoms. The molecule has 1 aromatic rings. The first-order valence-corrected chi connectivity index (χ1v) is 8.07. The van der Waals surface area contributed by atoms with Crippen LogP contribution < -0.4 is 0 Å².